The van der Waals surface area contributed by atoms with E-state index in [0.717, 1.165) is 25.4 Å². The van der Waals surface area contributed by atoms with E-state index in [1.54, 1.807) is 6.07 Å². The summed E-state index contributed by atoms with van der Waals surface area (Å²) in [6.07, 6.45) is 6.07. The molecule has 2 N–H and O–H groups in total. The fraction of sp³-hybridized carbons (Fsp3) is 0.562. The SMILES string of the molecule is Nc1ccc(C(=O)N2CC[C@@H]3CCCC[C@H]3C2)cc1[N+](=O)[O-]. The van der Waals surface area contributed by atoms with Crippen LogP contribution in [0.15, 0.2) is 18.2 Å². The number of nitro groups is 1. The van der Waals surface area contributed by atoms with Gasteiger partial charge in [0.25, 0.3) is 11.6 Å². The zero-order valence-corrected chi connectivity index (χ0v) is 12.5. The molecule has 1 aliphatic heterocycles. The minimum absolute atomic E-state index is 0.0903. The lowest BCUT2D eigenvalue weighted by atomic mass is 9.75. The number of nitrogens with two attached hydrogens (primary N) is 1. The van der Waals surface area contributed by atoms with Gasteiger partial charge in [0, 0.05) is 24.7 Å². The first-order chi connectivity index (χ1) is 10.6. The molecule has 2 fully saturated rings. The molecular weight excluding hydrogens is 282 g/mol. The average Bonchev–Trinajstić information content (AvgIpc) is 2.54. The number of nitrogen functional groups attached to an aromatic ring is 1. The van der Waals surface area contributed by atoms with Crippen molar-refractivity contribution in [3.63, 3.8) is 0 Å². The Balaban J connectivity index is 1.76. The number of amides is 1. The van der Waals surface area contributed by atoms with Crippen LogP contribution in [-0.4, -0.2) is 28.8 Å². The predicted molar refractivity (Wildman–Crippen MR) is 83.5 cm³/mol. The van der Waals surface area contributed by atoms with Crippen molar-refractivity contribution in [2.24, 2.45) is 11.8 Å². The summed E-state index contributed by atoms with van der Waals surface area (Å²) in [5.74, 6) is 1.22. The Morgan fingerprint density at radius 2 is 1.95 bits per heavy atom. The van der Waals surface area contributed by atoms with Gasteiger partial charge in [-0.15, -0.1) is 0 Å². The molecule has 6 heteroatoms. The van der Waals surface area contributed by atoms with E-state index in [9.17, 15) is 14.9 Å². The van der Waals surface area contributed by atoms with E-state index >= 15 is 0 Å². The first-order valence-electron chi connectivity index (χ1n) is 7.89. The van der Waals surface area contributed by atoms with E-state index < -0.39 is 4.92 Å². The molecule has 6 nitrogen and oxygen atoms in total. The number of piperidine rings is 1. The third-order valence-electron chi connectivity index (χ3n) is 5.05. The lowest BCUT2D eigenvalue weighted by molar-refractivity contribution is -0.383. The number of carbonyl (C=O) groups excluding carboxylic acids is 1. The van der Waals surface area contributed by atoms with Crippen LogP contribution in [0.1, 0.15) is 42.5 Å². The van der Waals surface area contributed by atoms with Gasteiger partial charge in [-0.1, -0.05) is 19.3 Å². The molecule has 3 rings (SSSR count). The lowest BCUT2D eigenvalue weighted by Gasteiger charge is -2.41. The van der Waals surface area contributed by atoms with Crippen molar-refractivity contribution < 1.29 is 9.72 Å². The van der Waals surface area contributed by atoms with Crippen molar-refractivity contribution in [2.45, 2.75) is 32.1 Å². The fourth-order valence-electron chi connectivity index (χ4n) is 3.80. The molecule has 1 heterocycles. The summed E-state index contributed by atoms with van der Waals surface area (Å²) in [6, 6.07) is 4.32. The highest BCUT2D eigenvalue weighted by molar-refractivity contribution is 5.95. The molecule has 0 aromatic heterocycles. The van der Waals surface area contributed by atoms with Crippen molar-refractivity contribution in [1.29, 1.82) is 0 Å². The van der Waals surface area contributed by atoms with Crippen LogP contribution < -0.4 is 5.73 Å². The number of anilines is 1. The first-order valence-corrected chi connectivity index (χ1v) is 7.89. The molecule has 118 valence electrons. The summed E-state index contributed by atoms with van der Waals surface area (Å²) in [5.41, 5.74) is 5.84. The molecule has 0 radical (unpaired) electrons. The molecule has 0 unspecified atom stereocenters. The highest BCUT2D eigenvalue weighted by Gasteiger charge is 2.33. The summed E-state index contributed by atoms with van der Waals surface area (Å²) in [5, 5.41) is 11.0. The highest BCUT2D eigenvalue weighted by Crippen LogP contribution is 2.36. The molecule has 2 atom stereocenters. The van der Waals surface area contributed by atoms with E-state index in [4.69, 9.17) is 5.73 Å². The van der Waals surface area contributed by atoms with Gasteiger partial charge in [-0.05, 0) is 36.8 Å². The summed E-state index contributed by atoms with van der Waals surface area (Å²) in [4.78, 5) is 24.9. The Morgan fingerprint density at radius 1 is 1.23 bits per heavy atom. The summed E-state index contributed by atoms with van der Waals surface area (Å²) >= 11 is 0. The molecule has 0 bridgehead atoms. The zero-order chi connectivity index (χ0) is 15.7. The third kappa shape index (κ3) is 2.77. The molecule has 22 heavy (non-hydrogen) atoms. The second-order valence-corrected chi connectivity index (χ2v) is 6.38. The summed E-state index contributed by atoms with van der Waals surface area (Å²) in [6.45, 7) is 1.53. The number of nitro benzene ring substituents is 1. The maximum Gasteiger partial charge on any atom is 0.292 e. The zero-order valence-electron chi connectivity index (χ0n) is 12.5. The van der Waals surface area contributed by atoms with E-state index in [1.807, 2.05) is 4.90 Å². The van der Waals surface area contributed by atoms with Crippen LogP contribution in [0.5, 0.6) is 0 Å². The van der Waals surface area contributed by atoms with Crippen molar-refractivity contribution in [3.8, 4) is 0 Å². The predicted octanol–water partition coefficient (Wildman–Crippen LogP) is 2.83. The topological polar surface area (TPSA) is 89.5 Å². The van der Waals surface area contributed by atoms with Crippen LogP contribution in [0.4, 0.5) is 11.4 Å². The van der Waals surface area contributed by atoms with Crippen LogP contribution >= 0.6 is 0 Å². The van der Waals surface area contributed by atoms with Gasteiger partial charge < -0.3 is 10.6 Å². The van der Waals surface area contributed by atoms with Crippen molar-refractivity contribution >= 4 is 17.3 Å². The maximum absolute atomic E-state index is 12.6. The molecule has 2 aliphatic rings. The normalized spacial score (nSPS) is 24.6. The fourth-order valence-corrected chi connectivity index (χ4v) is 3.80. The van der Waals surface area contributed by atoms with Crippen LogP contribution in [-0.2, 0) is 0 Å². The van der Waals surface area contributed by atoms with E-state index in [2.05, 4.69) is 0 Å². The van der Waals surface area contributed by atoms with Gasteiger partial charge in [-0.25, -0.2) is 0 Å². The second kappa shape index (κ2) is 5.94. The van der Waals surface area contributed by atoms with Gasteiger partial charge in [0.1, 0.15) is 5.69 Å². The van der Waals surface area contributed by atoms with Gasteiger partial charge in [-0.3, -0.25) is 14.9 Å². The number of hydrogen-bond acceptors (Lipinski definition) is 4. The van der Waals surface area contributed by atoms with Gasteiger partial charge in [-0.2, -0.15) is 0 Å². The smallest absolute Gasteiger partial charge is 0.292 e. The van der Waals surface area contributed by atoms with Gasteiger partial charge in [0.15, 0.2) is 0 Å². The van der Waals surface area contributed by atoms with Crippen molar-refractivity contribution in [3.05, 3.63) is 33.9 Å². The third-order valence-corrected chi connectivity index (χ3v) is 5.05. The monoisotopic (exact) mass is 303 g/mol. The number of likely N-dealkylation sites (tertiary alicyclic amines) is 1. The number of benzene rings is 1. The minimum Gasteiger partial charge on any atom is -0.393 e. The quantitative estimate of drug-likeness (QED) is 0.517. The largest absolute Gasteiger partial charge is 0.393 e. The lowest BCUT2D eigenvalue weighted by Crippen LogP contribution is -2.44. The standard InChI is InChI=1S/C16H21N3O3/c17-14-6-5-12(9-15(14)19(21)22)16(20)18-8-7-11-3-1-2-4-13(11)10-18/h5-6,9,11,13H,1-4,7-8,10,17H2/t11-,13-/m0/s1. The molecule has 1 aromatic rings. The van der Waals surface area contributed by atoms with Crippen LogP contribution in [0.3, 0.4) is 0 Å². The number of rotatable bonds is 2. The molecule has 1 saturated heterocycles. The number of nitrogens with zero attached hydrogens (tertiary/aromatic N) is 2. The minimum atomic E-state index is -0.542. The van der Waals surface area contributed by atoms with Crippen LogP contribution in [0.25, 0.3) is 0 Å². The van der Waals surface area contributed by atoms with Gasteiger partial charge in [0.2, 0.25) is 0 Å². The van der Waals surface area contributed by atoms with Crippen molar-refractivity contribution in [2.75, 3.05) is 18.8 Å². The van der Waals surface area contributed by atoms with Crippen LogP contribution in [0, 0.1) is 22.0 Å². The average molecular weight is 303 g/mol. The number of fused-ring (bicyclic) bond motifs is 1. The Morgan fingerprint density at radius 3 is 2.68 bits per heavy atom. The molecule has 1 amide bonds. The summed E-state index contributed by atoms with van der Waals surface area (Å²) in [7, 11) is 0. The number of carbonyl (C=O) groups is 1. The molecule has 1 aliphatic carbocycles. The van der Waals surface area contributed by atoms with E-state index in [0.29, 0.717) is 11.5 Å². The summed E-state index contributed by atoms with van der Waals surface area (Å²) < 4.78 is 0. The Bertz CT molecular complexity index is 602. The van der Waals surface area contributed by atoms with E-state index in [-0.39, 0.29) is 17.3 Å². The Hall–Kier alpha value is -2.11. The Kier molecular flexibility index (Phi) is 4.00. The number of hydrogen-bond donors (Lipinski definition) is 1. The van der Waals surface area contributed by atoms with Crippen LogP contribution in [0.2, 0.25) is 0 Å². The molecular formula is C16H21N3O3. The second-order valence-electron chi connectivity index (χ2n) is 6.38. The Labute approximate surface area is 129 Å². The highest BCUT2D eigenvalue weighted by atomic mass is 16.6. The van der Waals surface area contributed by atoms with Gasteiger partial charge >= 0.3 is 0 Å². The molecule has 1 aromatic carbocycles. The maximum atomic E-state index is 12.6. The molecule has 0 spiro atoms. The first kappa shape index (κ1) is 14.8. The van der Waals surface area contributed by atoms with E-state index in [1.165, 1.54) is 37.8 Å². The van der Waals surface area contributed by atoms with Gasteiger partial charge in [0.05, 0.1) is 4.92 Å². The van der Waals surface area contributed by atoms with Crippen molar-refractivity contribution in [1.82, 2.24) is 4.90 Å². The molecule has 1 saturated carbocycles.